The maximum absolute atomic E-state index is 12.9. The lowest BCUT2D eigenvalue weighted by Crippen LogP contribution is -2.37. The molecule has 0 aliphatic carbocycles. The van der Waals surface area contributed by atoms with Gasteiger partial charge in [-0.3, -0.25) is 4.79 Å². The van der Waals surface area contributed by atoms with Crippen LogP contribution in [-0.2, 0) is 0 Å². The summed E-state index contributed by atoms with van der Waals surface area (Å²) in [5.41, 5.74) is 3.60. The maximum Gasteiger partial charge on any atom is 0.253 e. The van der Waals surface area contributed by atoms with Crippen LogP contribution in [0.1, 0.15) is 40.5 Å². The fraction of sp³-hybridized carbons (Fsp3) is 0.333. The van der Waals surface area contributed by atoms with Gasteiger partial charge in [0.15, 0.2) is 0 Å². The molecular weight excluding hydrogens is 324 g/mol. The van der Waals surface area contributed by atoms with E-state index < -0.39 is 0 Å². The summed E-state index contributed by atoms with van der Waals surface area (Å²) in [6.07, 6.45) is 6.27. The molecule has 0 saturated carbocycles. The van der Waals surface area contributed by atoms with Crippen LogP contribution in [0.5, 0.6) is 0 Å². The summed E-state index contributed by atoms with van der Waals surface area (Å²) in [5, 5.41) is 3.23. The van der Waals surface area contributed by atoms with E-state index in [1.165, 1.54) is 12.8 Å². The van der Waals surface area contributed by atoms with Gasteiger partial charge in [-0.1, -0.05) is 30.3 Å². The zero-order valence-corrected chi connectivity index (χ0v) is 15.1. The van der Waals surface area contributed by atoms with Gasteiger partial charge in [0.25, 0.3) is 5.91 Å². The molecule has 5 heteroatoms. The van der Waals surface area contributed by atoms with E-state index in [-0.39, 0.29) is 11.9 Å². The Labute approximate surface area is 153 Å². The number of nitrogens with one attached hydrogen (secondary N) is 1. The first-order valence-corrected chi connectivity index (χ1v) is 9.22. The highest BCUT2D eigenvalue weighted by molar-refractivity contribution is 5.94. The number of fused-ring (bicyclic) bond motifs is 1. The number of carbonyl (C=O) groups is 1. The fourth-order valence-electron chi connectivity index (χ4n) is 3.64. The largest absolute Gasteiger partial charge is 0.344 e. The highest BCUT2D eigenvalue weighted by atomic mass is 16.1. The number of aromatic nitrogens is 2. The first kappa shape index (κ1) is 16.8. The van der Waals surface area contributed by atoms with E-state index in [4.69, 9.17) is 0 Å². The summed E-state index contributed by atoms with van der Waals surface area (Å²) in [6.45, 7) is 5.02. The normalized spacial score (nSPS) is 16.0. The molecule has 0 radical (unpaired) electrons. The molecule has 1 unspecified atom stereocenters. The molecule has 1 aliphatic rings. The maximum atomic E-state index is 12.9. The molecule has 1 saturated heterocycles. The van der Waals surface area contributed by atoms with Crippen molar-refractivity contribution in [1.29, 1.82) is 0 Å². The molecule has 5 nitrogen and oxygen atoms in total. The highest BCUT2D eigenvalue weighted by Crippen LogP contribution is 2.18. The number of hydrogen-bond donors (Lipinski definition) is 1. The molecule has 3 aromatic rings. The molecule has 1 N–H and O–H groups in total. The summed E-state index contributed by atoms with van der Waals surface area (Å²) < 4.78 is 1.91. The van der Waals surface area contributed by atoms with Crippen molar-refractivity contribution in [2.75, 3.05) is 19.6 Å². The van der Waals surface area contributed by atoms with Gasteiger partial charge < -0.3 is 14.6 Å². The summed E-state index contributed by atoms with van der Waals surface area (Å²) in [5.74, 6) is -0.0497. The third kappa shape index (κ3) is 3.63. The van der Waals surface area contributed by atoms with Crippen LogP contribution in [0.2, 0.25) is 0 Å². The Hall–Kier alpha value is -2.66. The number of rotatable bonds is 5. The number of aryl methyl sites for hydroxylation is 1. The molecular formula is C21H24N4O. The van der Waals surface area contributed by atoms with Gasteiger partial charge in [-0.25, -0.2) is 4.98 Å². The first-order chi connectivity index (χ1) is 12.7. The second kappa shape index (κ2) is 7.30. The highest BCUT2D eigenvalue weighted by Gasteiger charge is 2.21. The van der Waals surface area contributed by atoms with E-state index in [0.29, 0.717) is 5.56 Å². The number of hydrogen-bond acceptors (Lipinski definition) is 3. The first-order valence-electron chi connectivity index (χ1n) is 9.22. The lowest BCUT2D eigenvalue weighted by atomic mass is 10.1. The number of imidazole rings is 1. The van der Waals surface area contributed by atoms with E-state index in [2.05, 4.69) is 27.3 Å². The molecule has 0 spiro atoms. The van der Waals surface area contributed by atoms with Crippen LogP contribution in [0.4, 0.5) is 0 Å². The van der Waals surface area contributed by atoms with Crippen molar-refractivity contribution in [3.8, 4) is 0 Å². The molecule has 1 amide bonds. The number of carbonyl (C=O) groups excluding carboxylic acids is 1. The van der Waals surface area contributed by atoms with Crippen LogP contribution < -0.4 is 5.32 Å². The van der Waals surface area contributed by atoms with Gasteiger partial charge >= 0.3 is 0 Å². The molecule has 4 rings (SSSR count). The van der Waals surface area contributed by atoms with Gasteiger partial charge in [-0.05, 0) is 50.6 Å². The minimum atomic E-state index is -0.0497. The number of nitrogens with zero attached hydrogens (tertiary/aromatic N) is 3. The van der Waals surface area contributed by atoms with Crippen molar-refractivity contribution in [3.05, 3.63) is 71.7 Å². The Morgan fingerprint density at radius 2 is 1.88 bits per heavy atom. The minimum Gasteiger partial charge on any atom is -0.344 e. The predicted molar refractivity (Wildman–Crippen MR) is 102 cm³/mol. The van der Waals surface area contributed by atoms with Crippen molar-refractivity contribution < 1.29 is 4.79 Å². The van der Waals surface area contributed by atoms with Crippen LogP contribution in [0.15, 0.2) is 54.9 Å². The Morgan fingerprint density at radius 1 is 1.12 bits per heavy atom. The van der Waals surface area contributed by atoms with E-state index in [9.17, 15) is 4.79 Å². The fourth-order valence-corrected chi connectivity index (χ4v) is 3.64. The lowest BCUT2D eigenvalue weighted by molar-refractivity contribution is 0.0926. The second-order valence-corrected chi connectivity index (χ2v) is 7.01. The molecule has 1 fully saturated rings. The smallest absolute Gasteiger partial charge is 0.253 e. The average Bonchev–Trinajstić information content (AvgIpc) is 3.29. The molecule has 1 aromatic carbocycles. The Balaban J connectivity index is 1.55. The SMILES string of the molecule is Cc1cn2cc(C(=O)NC(CN3CCCC3)c3ccccc3)ccc2n1. The summed E-state index contributed by atoms with van der Waals surface area (Å²) in [6, 6.07) is 14.0. The van der Waals surface area contributed by atoms with Crippen molar-refractivity contribution in [2.45, 2.75) is 25.8 Å². The van der Waals surface area contributed by atoms with Crippen molar-refractivity contribution in [2.24, 2.45) is 0 Å². The van der Waals surface area contributed by atoms with Gasteiger partial charge in [0.2, 0.25) is 0 Å². The standard InChI is InChI=1S/C21H24N4O/c1-16-13-25-14-18(9-10-20(25)22-16)21(26)23-19(15-24-11-5-6-12-24)17-7-3-2-4-8-17/h2-4,7-10,13-14,19H,5-6,11-12,15H2,1H3,(H,23,26). The van der Waals surface area contributed by atoms with Crippen LogP contribution in [-0.4, -0.2) is 39.8 Å². The minimum absolute atomic E-state index is 0.0120. The van der Waals surface area contributed by atoms with Crippen LogP contribution in [0.3, 0.4) is 0 Å². The number of benzene rings is 1. The topological polar surface area (TPSA) is 49.6 Å². The monoisotopic (exact) mass is 348 g/mol. The molecule has 3 heterocycles. The predicted octanol–water partition coefficient (Wildman–Crippen LogP) is 3.21. The second-order valence-electron chi connectivity index (χ2n) is 7.01. The van der Waals surface area contributed by atoms with E-state index >= 15 is 0 Å². The van der Waals surface area contributed by atoms with Gasteiger partial charge in [0, 0.05) is 18.9 Å². The van der Waals surface area contributed by atoms with Crippen molar-refractivity contribution >= 4 is 11.6 Å². The van der Waals surface area contributed by atoms with Gasteiger partial charge in [0.1, 0.15) is 5.65 Å². The van der Waals surface area contributed by atoms with Crippen LogP contribution >= 0.6 is 0 Å². The van der Waals surface area contributed by atoms with Crippen molar-refractivity contribution in [1.82, 2.24) is 19.6 Å². The molecule has 26 heavy (non-hydrogen) atoms. The molecule has 2 aromatic heterocycles. The average molecular weight is 348 g/mol. The van der Waals surface area contributed by atoms with Gasteiger partial charge in [-0.2, -0.15) is 0 Å². The van der Waals surface area contributed by atoms with Crippen LogP contribution in [0.25, 0.3) is 5.65 Å². The number of pyridine rings is 1. The van der Waals surface area contributed by atoms with E-state index in [1.807, 2.05) is 54.0 Å². The third-order valence-electron chi connectivity index (χ3n) is 4.98. The van der Waals surface area contributed by atoms with Crippen LogP contribution in [0, 0.1) is 6.92 Å². The Bertz CT molecular complexity index is 897. The zero-order valence-electron chi connectivity index (χ0n) is 15.1. The summed E-state index contributed by atoms with van der Waals surface area (Å²) >= 11 is 0. The molecule has 134 valence electrons. The third-order valence-corrected chi connectivity index (χ3v) is 4.98. The van der Waals surface area contributed by atoms with Crippen molar-refractivity contribution in [3.63, 3.8) is 0 Å². The van der Waals surface area contributed by atoms with Gasteiger partial charge in [-0.15, -0.1) is 0 Å². The molecule has 1 aliphatic heterocycles. The Kier molecular flexibility index (Phi) is 4.71. The molecule has 0 bridgehead atoms. The lowest BCUT2D eigenvalue weighted by Gasteiger charge is -2.25. The van der Waals surface area contributed by atoms with E-state index in [0.717, 1.165) is 36.5 Å². The summed E-state index contributed by atoms with van der Waals surface area (Å²) in [7, 11) is 0. The quantitative estimate of drug-likeness (QED) is 0.770. The van der Waals surface area contributed by atoms with Gasteiger partial charge in [0.05, 0.1) is 17.3 Å². The number of likely N-dealkylation sites (tertiary alicyclic amines) is 1. The number of amides is 1. The zero-order chi connectivity index (χ0) is 17.9. The Morgan fingerprint density at radius 3 is 2.65 bits per heavy atom. The molecule has 1 atom stereocenters. The van der Waals surface area contributed by atoms with E-state index in [1.54, 1.807) is 0 Å². The summed E-state index contributed by atoms with van der Waals surface area (Å²) in [4.78, 5) is 19.7.